The second-order valence-corrected chi connectivity index (χ2v) is 8.41. The van der Waals surface area contributed by atoms with Gasteiger partial charge in [0, 0.05) is 32.2 Å². The molecule has 120 valence electrons. The number of ether oxygens (including phenoxy) is 1. The van der Waals surface area contributed by atoms with E-state index < -0.39 is 0 Å². The Hall–Kier alpha value is -0.120. The van der Waals surface area contributed by atoms with Gasteiger partial charge >= 0.3 is 0 Å². The van der Waals surface area contributed by atoms with Crippen molar-refractivity contribution in [3.05, 3.63) is 0 Å². The van der Waals surface area contributed by atoms with Crippen LogP contribution >= 0.6 is 0 Å². The van der Waals surface area contributed by atoms with Gasteiger partial charge in [-0.05, 0) is 68.6 Å². The van der Waals surface area contributed by atoms with Crippen molar-refractivity contribution < 1.29 is 4.74 Å². The largest absolute Gasteiger partial charge is 0.379 e. The monoisotopic (exact) mass is 292 g/mol. The fourth-order valence-corrected chi connectivity index (χ4v) is 6.19. The smallest absolute Gasteiger partial charge is 0.0594 e. The zero-order valence-electron chi connectivity index (χ0n) is 13.7. The lowest BCUT2D eigenvalue weighted by molar-refractivity contribution is -0.0707. The Bertz CT molecular complexity index is 329. The van der Waals surface area contributed by atoms with Gasteiger partial charge in [-0.1, -0.05) is 0 Å². The molecule has 4 saturated carbocycles. The lowest BCUT2D eigenvalue weighted by Gasteiger charge is -2.59. The van der Waals surface area contributed by atoms with Crippen LogP contribution in [0.15, 0.2) is 0 Å². The summed E-state index contributed by atoms with van der Waals surface area (Å²) in [6.45, 7) is 8.91. The van der Waals surface area contributed by atoms with Crippen molar-refractivity contribution in [1.82, 2.24) is 10.2 Å². The van der Waals surface area contributed by atoms with Gasteiger partial charge in [-0.25, -0.2) is 0 Å². The molecule has 1 unspecified atom stereocenters. The highest BCUT2D eigenvalue weighted by atomic mass is 16.5. The quantitative estimate of drug-likeness (QED) is 0.842. The molecule has 0 aromatic carbocycles. The average molecular weight is 292 g/mol. The molecule has 4 bridgehead atoms. The third kappa shape index (κ3) is 2.89. The van der Waals surface area contributed by atoms with Gasteiger partial charge in [0.05, 0.1) is 13.2 Å². The van der Waals surface area contributed by atoms with Crippen molar-refractivity contribution >= 4 is 0 Å². The molecule has 5 rings (SSSR count). The van der Waals surface area contributed by atoms with Crippen molar-refractivity contribution in [1.29, 1.82) is 0 Å². The van der Waals surface area contributed by atoms with Crippen LogP contribution < -0.4 is 5.32 Å². The van der Waals surface area contributed by atoms with Crippen LogP contribution in [0.5, 0.6) is 0 Å². The Morgan fingerprint density at radius 2 is 1.62 bits per heavy atom. The Balaban J connectivity index is 1.29. The Morgan fingerprint density at radius 1 is 1.05 bits per heavy atom. The van der Waals surface area contributed by atoms with Crippen LogP contribution in [0.2, 0.25) is 0 Å². The summed E-state index contributed by atoms with van der Waals surface area (Å²) < 4.78 is 5.43. The Kier molecular flexibility index (Phi) is 4.01. The van der Waals surface area contributed by atoms with E-state index in [1.807, 2.05) is 0 Å². The van der Waals surface area contributed by atoms with E-state index in [-0.39, 0.29) is 0 Å². The molecule has 0 aromatic heterocycles. The summed E-state index contributed by atoms with van der Waals surface area (Å²) in [4.78, 5) is 2.54. The number of rotatable bonds is 5. The van der Waals surface area contributed by atoms with Gasteiger partial charge in [-0.3, -0.25) is 4.90 Å². The van der Waals surface area contributed by atoms with Gasteiger partial charge in [0.25, 0.3) is 0 Å². The maximum absolute atomic E-state index is 5.43. The van der Waals surface area contributed by atoms with E-state index >= 15 is 0 Å². The number of hydrogen-bond donors (Lipinski definition) is 1. The minimum Gasteiger partial charge on any atom is -0.379 e. The molecule has 1 atom stereocenters. The molecule has 1 heterocycles. The van der Waals surface area contributed by atoms with Crippen LogP contribution in [0.25, 0.3) is 0 Å². The van der Waals surface area contributed by atoms with E-state index in [9.17, 15) is 0 Å². The van der Waals surface area contributed by atoms with Crippen molar-refractivity contribution in [3.63, 3.8) is 0 Å². The maximum Gasteiger partial charge on any atom is 0.0594 e. The van der Waals surface area contributed by atoms with Crippen LogP contribution in [0.3, 0.4) is 0 Å². The summed E-state index contributed by atoms with van der Waals surface area (Å²) in [5.41, 5.74) is 0.653. The average Bonchev–Trinajstić information content (AvgIpc) is 2.47. The van der Waals surface area contributed by atoms with E-state index in [0.29, 0.717) is 11.5 Å². The molecular formula is C18H32N2O. The van der Waals surface area contributed by atoms with Gasteiger partial charge in [0.1, 0.15) is 0 Å². The third-order valence-corrected chi connectivity index (χ3v) is 6.99. The first-order valence-electron chi connectivity index (χ1n) is 9.27. The van der Waals surface area contributed by atoms with Crippen molar-refractivity contribution in [2.45, 2.75) is 51.5 Å². The van der Waals surface area contributed by atoms with E-state index in [0.717, 1.165) is 50.6 Å². The highest BCUT2D eigenvalue weighted by molar-refractivity contribution is 5.05. The van der Waals surface area contributed by atoms with Gasteiger partial charge < -0.3 is 10.1 Å². The number of hydrogen-bond acceptors (Lipinski definition) is 3. The summed E-state index contributed by atoms with van der Waals surface area (Å²) in [5.74, 6) is 3.21. The minimum atomic E-state index is 0.653. The summed E-state index contributed by atoms with van der Waals surface area (Å²) in [6, 6.07) is 0.715. The van der Waals surface area contributed by atoms with Gasteiger partial charge in [0.15, 0.2) is 0 Å². The van der Waals surface area contributed by atoms with Crippen LogP contribution in [0.4, 0.5) is 0 Å². The molecule has 3 heteroatoms. The Morgan fingerprint density at radius 3 is 2.19 bits per heavy atom. The SMILES string of the molecule is CC(NCCN1CCOCC1)C12CC3CC(CC(C3)C1)C2. The lowest BCUT2D eigenvalue weighted by atomic mass is 9.48. The summed E-state index contributed by atoms with van der Waals surface area (Å²) in [5, 5.41) is 3.90. The summed E-state index contributed by atoms with van der Waals surface area (Å²) in [6.07, 6.45) is 9.22. The fourth-order valence-electron chi connectivity index (χ4n) is 6.19. The molecule has 1 aliphatic heterocycles. The summed E-state index contributed by atoms with van der Waals surface area (Å²) >= 11 is 0. The highest BCUT2D eigenvalue weighted by Gasteiger charge is 2.52. The molecule has 3 nitrogen and oxygen atoms in total. The lowest BCUT2D eigenvalue weighted by Crippen LogP contribution is -2.55. The number of nitrogens with one attached hydrogen (secondary N) is 1. The second-order valence-electron chi connectivity index (χ2n) is 8.41. The van der Waals surface area contributed by atoms with E-state index in [2.05, 4.69) is 17.1 Å². The molecule has 4 aliphatic carbocycles. The van der Waals surface area contributed by atoms with Crippen LogP contribution in [-0.4, -0.2) is 50.3 Å². The molecular weight excluding hydrogens is 260 g/mol. The van der Waals surface area contributed by atoms with Crippen molar-refractivity contribution in [2.24, 2.45) is 23.2 Å². The molecule has 0 aromatic rings. The molecule has 1 saturated heterocycles. The molecule has 21 heavy (non-hydrogen) atoms. The van der Waals surface area contributed by atoms with E-state index in [1.54, 1.807) is 19.3 Å². The van der Waals surface area contributed by atoms with Crippen LogP contribution in [0.1, 0.15) is 45.4 Å². The molecule has 0 spiro atoms. The van der Waals surface area contributed by atoms with Crippen LogP contribution in [0, 0.1) is 23.2 Å². The normalized spacial score (nSPS) is 44.1. The van der Waals surface area contributed by atoms with Crippen LogP contribution in [-0.2, 0) is 4.74 Å². The molecule has 0 radical (unpaired) electrons. The predicted octanol–water partition coefficient (Wildman–Crippen LogP) is 2.51. The van der Waals surface area contributed by atoms with Gasteiger partial charge in [-0.15, -0.1) is 0 Å². The zero-order chi connectivity index (χ0) is 14.3. The van der Waals surface area contributed by atoms with Gasteiger partial charge in [0.2, 0.25) is 0 Å². The standard InChI is InChI=1S/C18H32N2O/c1-14(19-2-3-20-4-6-21-7-5-20)18-11-15-8-16(12-18)10-17(9-15)13-18/h14-17,19H,2-13H2,1H3. The molecule has 0 amide bonds. The third-order valence-electron chi connectivity index (χ3n) is 6.99. The first-order valence-corrected chi connectivity index (χ1v) is 9.27. The summed E-state index contributed by atoms with van der Waals surface area (Å²) in [7, 11) is 0. The first kappa shape index (κ1) is 14.5. The minimum absolute atomic E-state index is 0.653. The van der Waals surface area contributed by atoms with E-state index in [4.69, 9.17) is 4.74 Å². The maximum atomic E-state index is 5.43. The number of morpholine rings is 1. The predicted molar refractivity (Wildman–Crippen MR) is 85.3 cm³/mol. The van der Waals surface area contributed by atoms with E-state index in [1.165, 1.54) is 25.8 Å². The molecule has 5 fully saturated rings. The highest BCUT2D eigenvalue weighted by Crippen LogP contribution is 2.61. The van der Waals surface area contributed by atoms with Crippen molar-refractivity contribution in [2.75, 3.05) is 39.4 Å². The topological polar surface area (TPSA) is 24.5 Å². The van der Waals surface area contributed by atoms with Gasteiger partial charge in [-0.2, -0.15) is 0 Å². The molecule has 1 N–H and O–H groups in total. The second kappa shape index (κ2) is 5.82. The Labute approximate surface area is 129 Å². The zero-order valence-corrected chi connectivity index (χ0v) is 13.7. The first-order chi connectivity index (χ1) is 10.2. The molecule has 5 aliphatic rings. The fraction of sp³-hybridized carbons (Fsp3) is 1.00. The number of nitrogens with zero attached hydrogens (tertiary/aromatic N) is 1. The van der Waals surface area contributed by atoms with Crippen molar-refractivity contribution in [3.8, 4) is 0 Å².